The van der Waals surface area contributed by atoms with Crippen LogP contribution in [-0.4, -0.2) is 52.9 Å². The summed E-state index contributed by atoms with van der Waals surface area (Å²) in [5.74, 6) is -1.25. The molecule has 0 aliphatic carbocycles. The Balaban J connectivity index is 2.12. The maximum absolute atomic E-state index is 12.2. The highest BCUT2D eigenvalue weighted by Crippen LogP contribution is 2.27. The highest BCUT2D eigenvalue weighted by molar-refractivity contribution is 5.89. The van der Waals surface area contributed by atoms with Crippen LogP contribution in [0.4, 0.5) is 0 Å². The van der Waals surface area contributed by atoms with Crippen LogP contribution in [0.5, 0.6) is 0 Å². The Kier molecular flexibility index (Phi) is 5.82. The second kappa shape index (κ2) is 7.51. The fraction of sp³-hybridized carbons (Fsp3) is 0.556. The van der Waals surface area contributed by atoms with Crippen molar-refractivity contribution in [3.63, 3.8) is 0 Å². The van der Waals surface area contributed by atoms with Crippen LogP contribution in [0.2, 0.25) is 0 Å². The number of rotatable bonds is 3. The standard InChI is InChI=1S/C18H24O7/c1-10-13(24-15(20)11-8-6-5-7-9-11)12(19)14(16(21)23-10)25-17(22)18(2,3)4/h5-10,12-14,16,19,21H,1-4H3/t10-,12+,13-,14+,16+/m0/s1. The fourth-order valence-corrected chi connectivity index (χ4v) is 2.37. The van der Waals surface area contributed by atoms with Gasteiger partial charge >= 0.3 is 11.9 Å². The van der Waals surface area contributed by atoms with Gasteiger partial charge in [0.1, 0.15) is 6.10 Å². The third-order valence-electron chi connectivity index (χ3n) is 3.88. The number of ether oxygens (including phenoxy) is 3. The molecule has 7 heteroatoms. The lowest BCUT2D eigenvalue weighted by Gasteiger charge is -2.41. The van der Waals surface area contributed by atoms with E-state index in [0.717, 1.165) is 0 Å². The Bertz CT molecular complexity index is 608. The van der Waals surface area contributed by atoms with Gasteiger partial charge in [0.25, 0.3) is 0 Å². The molecule has 25 heavy (non-hydrogen) atoms. The lowest BCUT2D eigenvalue weighted by Crippen LogP contribution is -2.59. The van der Waals surface area contributed by atoms with Crippen molar-refractivity contribution >= 4 is 11.9 Å². The molecular weight excluding hydrogens is 328 g/mol. The van der Waals surface area contributed by atoms with E-state index in [2.05, 4.69) is 0 Å². The molecule has 0 radical (unpaired) electrons. The Morgan fingerprint density at radius 1 is 1.04 bits per heavy atom. The van der Waals surface area contributed by atoms with Crippen molar-refractivity contribution in [2.75, 3.05) is 0 Å². The van der Waals surface area contributed by atoms with E-state index >= 15 is 0 Å². The fourth-order valence-electron chi connectivity index (χ4n) is 2.37. The van der Waals surface area contributed by atoms with E-state index in [1.54, 1.807) is 58.0 Å². The number of aliphatic hydroxyl groups is 2. The first-order chi connectivity index (χ1) is 11.6. The van der Waals surface area contributed by atoms with Crippen molar-refractivity contribution in [3.05, 3.63) is 35.9 Å². The maximum atomic E-state index is 12.2. The van der Waals surface area contributed by atoms with Crippen LogP contribution >= 0.6 is 0 Å². The summed E-state index contributed by atoms with van der Waals surface area (Å²) in [6.07, 6.45) is -6.15. The molecule has 0 spiro atoms. The second-order valence-electron chi connectivity index (χ2n) is 7.08. The number of carbonyl (C=O) groups is 2. The number of esters is 2. The molecule has 0 aromatic heterocycles. The summed E-state index contributed by atoms with van der Waals surface area (Å²) in [5, 5.41) is 20.5. The second-order valence-corrected chi connectivity index (χ2v) is 7.08. The normalized spacial score (nSPS) is 29.8. The highest BCUT2D eigenvalue weighted by Gasteiger charge is 2.48. The van der Waals surface area contributed by atoms with E-state index in [1.165, 1.54) is 0 Å². The molecule has 0 saturated carbocycles. The highest BCUT2D eigenvalue weighted by atomic mass is 16.7. The summed E-state index contributed by atoms with van der Waals surface area (Å²) < 4.78 is 15.8. The van der Waals surface area contributed by atoms with Gasteiger partial charge in [-0.1, -0.05) is 18.2 Å². The van der Waals surface area contributed by atoms with Crippen molar-refractivity contribution in [1.29, 1.82) is 0 Å². The molecule has 1 aliphatic heterocycles. The molecule has 7 nitrogen and oxygen atoms in total. The maximum Gasteiger partial charge on any atom is 0.338 e. The smallest absolute Gasteiger partial charge is 0.338 e. The number of hydrogen-bond acceptors (Lipinski definition) is 7. The summed E-state index contributed by atoms with van der Waals surface area (Å²) in [5.41, 5.74) is -0.505. The molecule has 0 unspecified atom stereocenters. The summed E-state index contributed by atoms with van der Waals surface area (Å²) in [4.78, 5) is 24.3. The Labute approximate surface area is 146 Å². The first-order valence-corrected chi connectivity index (χ1v) is 8.10. The first-order valence-electron chi connectivity index (χ1n) is 8.10. The zero-order chi connectivity index (χ0) is 18.8. The molecule has 1 saturated heterocycles. The van der Waals surface area contributed by atoms with Gasteiger partial charge in [0.15, 0.2) is 18.5 Å². The molecule has 1 fully saturated rings. The van der Waals surface area contributed by atoms with Crippen LogP contribution in [0.15, 0.2) is 30.3 Å². The van der Waals surface area contributed by atoms with E-state index in [9.17, 15) is 19.8 Å². The molecule has 1 heterocycles. The number of benzene rings is 1. The minimum Gasteiger partial charge on any atom is -0.454 e. The van der Waals surface area contributed by atoms with Crippen molar-refractivity contribution in [1.82, 2.24) is 0 Å². The third-order valence-corrected chi connectivity index (χ3v) is 3.88. The Morgan fingerprint density at radius 2 is 1.64 bits per heavy atom. The van der Waals surface area contributed by atoms with Gasteiger partial charge in [-0.3, -0.25) is 4.79 Å². The lowest BCUT2D eigenvalue weighted by molar-refractivity contribution is -0.283. The van der Waals surface area contributed by atoms with Crippen LogP contribution in [0.3, 0.4) is 0 Å². The van der Waals surface area contributed by atoms with Crippen molar-refractivity contribution in [2.45, 2.75) is 58.4 Å². The average Bonchev–Trinajstić information content (AvgIpc) is 2.54. The van der Waals surface area contributed by atoms with Crippen LogP contribution in [0.25, 0.3) is 0 Å². The summed E-state index contributed by atoms with van der Waals surface area (Å²) >= 11 is 0. The number of aliphatic hydroxyl groups excluding tert-OH is 2. The predicted molar refractivity (Wildman–Crippen MR) is 87.5 cm³/mol. The molecular formula is C18H24O7. The Hall–Kier alpha value is -1.96. The molecule has 0 amide bonds. The van der Waals surface area contributed by atoms with Gasteiger partial charge in [0.05, 0.1) is 17.1 Å². The van der Waals surface area contributed by atoms with Crippen molar-refractivity contribution in [3.8, 4) is 0 Å². The molecule has 2 N–H and O–H groups in total. The zero-order valence-electron chi connectivity index (χ0n) is 14.7. The molecule has 1 aromatic carbocycles. The minimum atomic E-state index is -1.51. The van der Waals surface area contributed by atoms with Crippen LogP contribution in [0.1, 0.15) is 38.1 Å². The quantitative estimate of drug-likeness (QED) is 0.790. The molecule has 0 bridgehead atoms. The summed E-state index contributed by atoms with van der Waals surface area (Å²) in [7, 11) is 0. The molecule has 5 atom stereocenters. The average molecular weight is 352 g/mol. The summed E-state index contributed by atoms with van der Waals surface area (Å²) in [6, 6.07) is 8.29. The van der Waals surface area contributed by atoms with E-state index in [1.807, 2.05) is 0 Å². The minimum absolute atomic E-state index is 0.316. The molecule has 138 valence electrons. The van der Waals surface area contributed by atoms with Gasteiger partial charge in [-0.2, -0.15) is 0 Å². The van der Waals surface area contributed by atoms with Gasteiger partial charge in [-0.05, 0) is 39.8 Å². The SMILES string of the molecule is C[C@@H]1O[C@@H](O)[C@H](OC(=O)C(C)(C)C)[C@H](O)[C@H]1OC(=O)c1ccccc1. The lowest BCUT2D eigenvalue weighted by atomic mass is 9.96. The topological polar surface area (TPSA) is 102 Å². The van der Waals surface area contributed by atoms with Crippen molar-refractivity contribution in [2.24, 2.45) is 5.41 Å². The van der Waals surface area contributed by atoms with Gasteiger partial charge in [0.2, 0.25) is 0 Å². The zero-order valence-corrected chi connectivity index (χ0v) is 14.7. The van der Waals surface area contributed by atoms with Crippen molar-refractivity contribution < 1.29 is 34.0 Å². The van der Waals surface area contributed by atoms with E-state index in [4.69, 9.17) is 14.2 Å². The van der Waals surface area contributed by atoms with Crippen LogP contribution in [0, 0.1) is 5.41 Å². The van der Waals surface area contributed by atoms with Gasteiger partial charge in [-0.25, -0.2) is 4.79 Å². The van der Waals surface area contributed by atoms with Gasteiger partial charge < -0.3 is 24.4 Å². The third kappa shape index (κ3) is 4.56. The molecule has 2 rings (SSSR count). The Morgan fingerprint density at radius 3 is 2.20 bits per heavy atom. The summed E-state index contributed by atoms with van der Waals surface area (Å²) in [6.45, 7) is 6.49. The predicted octanol–water partition coefficient (Wildman–Crippen LogP) is 1.27. The van der Waals surface area contributed by atoms with Gasteiger partial charge in [-0.15, -0.1) is 0 Å². The van der Waals surface area contributed by atoms with Crippen LogP contribution < -0.4 is 0 Å². The van der Waals surface area contributed by atoms with E-state index < -0.39 is 48.1 Å². The first kappa shape index (κ1) is 19.4. The largest absolute Gasteiger partial charge is 0.454 e. The number of hydrogen-bond donors (Lipinski definition) is 2. The molecule has 1 aliphatic rings. The van der Waals surface area contributed by atoms with Crippen LogP contribution in [-0.2, 0) is 19.0 Å². The van der Waals surface area contributed by atoms with E-state index in [0.29, 0.717) is 5.56 Å². The monoisotopic (exact) mass is 352 g/mol. The van der Waals surface area contributed by atoms with E-state index in [-0.39, 0.29) is 0 Å². The van der Waals surface area contributed by atoms with Gasteiger partial charge in [0, 0.05) is 0 Å². The number of carbonyl (C=O) groups excluding carboxylic acids is 2. The molecule has 1 aromatic rings.